The van der Waals surface area contributed by atoms with Gasteiger partial charge in [-0.15, -0.1) is 0 Å². The largest absolute Gasteiger partial charge is 0.321 e. The minimum Gasteiger partial charge on any atom is -0.321 e. The summed E-state index contributed by atoms with van der Waals surface area (Å²) in [7, 11) is 0. The molecule has 2 rings (SSSR count). The van der Waals surface area contributed by atoms with Crippen LogP contribution in [-0.4, -0.2) is 0 Å². The van der Waals surface area contributed by atoms with Gasteiger partial charge in [0.15, 0.2) is 0 Å². The van der Waals surface area contributed by atoms with Gasteiger partial charge >= 0.3 is 0 Å². The molecule has 0 aliphatic heterocycles. The maximum Gasteiger partial charge on any atom is 0.124 e. The van der Waals surface area contributed by atoms with Crippen LogP contribution in [0.3, 0.4) is 0 Å². The monoisotopic (exact) mass is 277 g/mol. The topological polar surface area (TPSA) is 26.0 Å². The van der Waals surface area contributed by atoms with Gasteiger partial charge in [-0.25, -0.2) is 4.39 Å². The average molecular weight is 278 g/mol. The van der Waals surface area contributed by atoms with Crippen LogP contribution in [0.1, 0.15) is 23.6 Å². The van der Waals surface area contributed by atoms with E-state index < -0.39 is 5.54 Å². The van der Waals surface area contributed by atoms with Gasteiger partial charge in [0, 0.05) is 10.6 Å². The predicted molar refractivity (Wildman–Crippen MR) is 77.8 cm³/mol. The van der Waals surface area contributed by atoms with Gasteiger partial charge < -0.3 is 5.73 Å². The highest BCUT2D eigenvalue weighted by Gasteiger charge is 2.24. The van der Waals surface area contributed by atoms with E-state index in [0.29, 0.717) is 11.4 Å². The zero-order valence-electron chi connectivity index (χ0n) is 11.1. The molecule has 0 saturated heterocycles. The summed E-state index contributed by atoms with van der Waals surface area (Å²) in [4.78, 5) is 0. The molecule has 2 aromatic rings. The Morgan fingerprint density at radius 3 is 2.53 bits per heavy atom. The van der Waals surface area contributed by atoms with Gasteiger partial charge in [-0.05, 0) is 49.1 Å². The molecule has 1 atom stereocenters. The van der Waals surface area contributed by atoms with E-state index in [-0.39, 0.29) is 5.82 Å². The summed E-state index contributed by atoms with van der Waals surface area (Å²) >= 11 is 6.07. The molecule has 2 aromatic carbocycles. The third-order valence-electron chi connectivity index (χ3n) is 3.33. The van der Waals surface area contributed by atoms with Gasteiger partial charge in [0.2, 0.25) is 0 Å². The Kier molecular flexibility index (Phi) is 3.93. The highest BCUT2D eigenvalue weighted by molar-refractivity contribution is 6.31. The first-order valence-corrected chi connectivity index (χ1v) is 6.57. The van der Waals surface area contributed by atoms with E-state index in [1.54, 1.807) is 6.07 Å². The second-order valence-electron chi connectivity index (χ2n) is 5.14. The lowest BCUT2D eigenvalue weighted by Gasteiger charge is -2.27. The molecule has 0 radical (unpaired) electrons. The number of rotatable bonds is 3. The van der Waals surface area contributed by atoms with Gasteiger partial charge in [-0.1, -0.05) is 41.9 Å². The summed E-state index contributed by atoms with van der Waals surface area (Å²) in [5, 5.41) is 0.422. The molecule has 0 amide bonds. The van der Waals surface area contributed by atoms with E-state index in [0.717, 1.165) is 16.7 Å². The van der Waals surface area contributed by atoms with Gasteiger partial charge in [0.25, 0.3) is 0 Å². The molecule has 0 aliphatic rings. The van der Waals surface area contributed by atoms with Crippen molar-refractivity contribution in [2.45, 2.75) is 25.8 Å². The summed E-state index contributed by atoms with van der Waals surface area (Å²) in [6, 6.07) is 12.4. The van der Waals surface area contributed by atoms with E-state index >= 15 is 0 Å². The van der Waals surface area contributed by atoms with Gasteiger partial charge in [0.05, 0.1) is 0 Å². The first-order valence-electron chi connectivity index (χ1n) is 6.19. The first-order chi connectivity index (χ1) is 8.90. The summed E-state index contributed by atoms with van der Waals surface area (Å²) in [5.74, 6) is -0.330. The zero-order valence-corrected chi connectivity index (χ0v) is 11.8. The zero-order chi connectivity index (χ0) is 14.0. The third kappa shape index (κ3) is 3.14. The van der Waals surface area contributed by atoms with Gasteiger partial charge in [-0.2, -0.15) is 0 Å². The normalized spacial score (nSPS) is 14.2. The van der Waals surface area contributed by atoms with Crippen molar-refractivity contribution in [3.05, 3.63) is 70.0 Å². The fourth-order valence-corrected chi connectivity index (χ4v) is 2.60. The maximum absolute atomic E-state index is 13.1. The van der Waals surface area contributed by atoms with Crippen LogP contribution in [0.5, 0.6) is 0 Å². The Labute approximate surface area is 118 Å². The molecule has 0 heterocycles. The summed E-state index contributed by atoms with van der Waals surface area (Å²) < 4.78 is 13.1. The Morgan fingerprint density at radius 2 is 1.89 bits per heavy atom. The van der Waals surface area contributed by atoms with Crippen LogP contribution < -0.4 is 5.73 Å². The third-order valence-corrected chi connectivity index (χ3v) is 3.68. The Balaban J connectivity index is 2.33. The molecule has 2 N–H and O–H groups in total. The van der Waals surface area contributed by atoms with Crippen molar-refractivity contribution in [3.8, 4) is 0 Å². The first kappa shape index (κ1) is 14.0. The second kappa shape index (κ2) is 5.32. The molecule has 100 valence electrons. The molecule has 0 aromatic heterocycles. The number of benzene rings is 2. The van der Waals surface area contributed by atoms with Crippen LogP contribution in [0.4, 0.5) is 4.39 Å². The van der Waals surface area contributed by atoms with Crippen LogP contribution in [0, 0.1) is 12.7 Å². The highest BCUT2D eigenvalue weighted by atomic mass is 35.5. The lowest BCUT2D eigenvalue weighted by atomic mass is 9.84. The molecular formula is C16H17ClFN. The Bertz CT molecular complexity index is 593. The molecule has 1 unspecified atom stereocenters. The molecule has 0 bridgehead atoms. The molecule has 0 spiro atoms. The average Bonchev–Trinajstić information content (AvgIpc) is 2.33. The van der Waals surface area contributed by atoms with Crippen LogP contribution in [-0.2, 0) is 12.0 Å². The molecule has 3 heteroatoms. The van der Waals surface area contributed by atoms with Crippen LogP contribution in [0.15, 0.2) is 42.5 Å². The van der Waals surface area contributed by atoms with E-state index in [4.69, 9.17) is 17.3 Å². The fourth-order valence-electron chi connectivity index (χ4n) is 2.37. The maximum atomic E-state index is 13.1. The fraction of sp³-hybridized carbons (Fsp3) is 0.250. The van der Waals surface area contributed by atoms with E-state index in [9.17, 15) is 4.39 Å². The van der Waals surface area contributed by atoms with Crippen molar-refractivity contribution in [1.29, 1.82) is 0 Å². The van der Waals surface area contributed by atoms with Crippen LogP contribution in [0.25, 0.3) is 0 Å². The SMILES string of the molecule is Cc1ccccc1C(C)(N)Cc1ccc(F)cc1Cl. The van der Waals surface area contributed by atoms with Crippen molar-refractivity contribution in [2.75, 3.05) is 0 Å². The molecular weight excluding hydrogens is 261 g/mol. The Hall–Kier alpha value is -1.38. The molecule has 19 heavy (non-hydrogen) atoms. The number of hydrogen-bond donors (Lipinski definition) is 1. The summed E-state index contributed by atoms with van der Waals surface area (Å²) in [5.41, 5.74) is 8.97. The molecule has 0 saturated carbocycles. The standard InChI is InChI=1S/C16H17ClFN/c1-11-5-3-4-6-14(11)16(2,19)10-12-7-8-13(18)9-15(12)17/h3-9H,10,19H2,1-2H3. The predicted octanol–water partition coefficient (Wildman–Crippen LogP) is 4.20. The second-order valence-corrected chi connectivity index (χ2v) is 5.55. The van der Waals surface area contributed by atoms with E-state index in [1.165, 1.54) is 12.1 Å². The van der Waals surface area contributed by atoms with Gasteiger partial charge in [-0.3, -0.25) is 0 Å². The van der Waals surface area contributed by atoms with Crippen molar-refractivity contribution in [3.63, 3.8) is 0 Å². The van der Waals surface area contributed by atoms with Crippen molar-refractivity contribution < 1.29 is 4.39 Å². The molecule has 0 aliphatic carbocycles. The van der Waals surface area contributed by atoms with E-state index in [1.807, 2.05) is 38.1 Å². The van der Waals surface area contributed by atoms with Crippen molar-refractivity contribution >= 4 is 11.6 Å². The quantitative estimate of drug-likeness (QED) is 0.894. The van der Waals surface area contributed by atoms with Crippen LogP contribution in [0.2, 0.25) is 5.02 Å². The smallest absolute Gasteiger partial charge is 0.124 e. The Morgan fingerprint density at radius 1 is 1.21 bits per heavy atom. The summed E-state index contributed by atoms with van der Waals surface area (Å²) in [6.45, 7) is 4.00. The minimum atomic E-state index is -0.535. The lowest BCUT2D eigenvalue weighted by Crippen LogP contribution is -2.36. The van der Waals surface area contributed by atoms with E-state index in [2.05, 4.69) is 0 Å². The molecule has 0 fully saturated rings. The van der Waals surface area contributed by atoms with Crippen LogP contribution >= 0.6 is 11.6 Å². The van der Waals surface area contributed by atoms with Gasteiger partial charge in [0.1, 0.15) is 5.82 Å². The molecule has 1 nitrogen and oxygen atoms in total. The number of halogens is 2. The minimum absolute atomic E-state index is 0.330. The number of nitrogens with two attached hydrogens (primary N) is 1. The number of aryl methyl sites for hydroxylation is 1. The lowest BCUT2D eigenvalue weighted by molar-refractivity contribution is 0.488. The number of hydrogen-bond acceptors (Lipinski definition) is 1. The van der Waals surface area contributed by atoms with Crippen molar-refractivity contribution in [2.24, 2.45) is 5.73 Å². The summed E-state index contributed by atoms with van der Waals surface area (Å²) in [6.07, 6.45) is 0.566. The van der Waals surface area contributed by atoms with Crippen molar-refractivity contribution in [1.82, 2.24) is 0 Å². The highest BCUT2D eigenvalue weighted by Crippen LogP contribution is 2.28.